The summed E-state index contributed by atoms with van der Waals surface area (Å²) in [5.41, 5.74) is 0. The lowest BCUT2D eigenvalue weighted by Gasteiger charge is -2.06. The maximum atomic E-state index is 13.2. The zero-order valence-electron chi connectivity index (χ0n) is 10.9. The van der Waals surface area contributed by atoms with Gasteiger partial charge in [0, 0.05) is 0 Å². The van der Waals surface area contributed by atoms with E-state index in [0.717, 1.165) is 12.8 Å². The molecule has 16 heavy (non-hydrogen) atoms. The van der Waals surface area contributed by atoms with E-state index in [1.165, 1.54) is 0 Å². The smallest absolute Gasteiger partial charge is 0.244 e. The minimum Gasteiger partial charge on any atom is -0.314 e. The third-order valence-electron chi connectivity index (χ3n) is 2.04. The fourth-order valence-electron chi connectivity index (χ4n) is 1.16. The van der Waals surface area contributed by atoms with Gasteiger partial charge >= 0.3 is 0 Å². The van der Waals surface area contributed by atoms with E-state index in [2.05, 4.69) is 0 Å². The molecule has 0 aromatic heterocycles. The Kier molecular flexibility index (Phi) is 7.07. The van der Waals surface area contributed by atoms with Crippen LogP contribution < -0.4 is 0 Å². The van der Waals surface area contributed by atoms with Crippen LogP contribution in [0.2, 0.25) is 38.3 Å². The summed E-state index contributed by atoms with van der Waals surface area (Å²) >= 11 is 0. The summed E-state index contributed by atoms with van der Waals surface area (Å²) in [6.07, 6.45) is 9.78. The van der Waals surface area contributed by atoms with E-state index in [4.69, 9.17) is 0 Å². The minimum atomic E-state index is -2.41. The van der Waals surface area contributed by atoms with Gasteiger partial charge in [0.25, 0.3) is 0 Å². The molecule has 0 atom stereocenters. The molecule has 0 aromatic rings. The molecule has 0 unspecified atom stereocenters. The van der Waals surface area contributed by atoms with Crippen molar-refractivity contribution < 1.29 is 8.22 Å². The highest BCUT2D eigenvalue weighted by molar-refractivity contribution is 6.71. The van der Waals surface area contributed by atoms with Crippen molar-refractivity contribution in [1.29, 1.82) is 0 Å². The molecule has 0 aliphatic heterocycles. The molecule has 0 amide bonds. The van der Waals surface area contributed by atoms with Crippen LogP contribution >= 0.6 is 0 Å². The molecule has 0 heterocycles. The highest BCUT2D eigenvalue weighted by Gasteiger charge is 2.17. The lowest BCUT2D eigenvalue weighted by molar-refractivity contribution is 0.797. The van der Waals surface area contributed by atoms with E-state index in [-0.39, 0.29) is 0 Å². The normalized spacial score (nSPS) is 14.1. The van der Waals surface area contributed by atoms with E-state index in [9.17, 15) is 8.22 Å². The van der Waals surface area contributed by atoms with Crippen molar-refractivity contribution in [2.45, 2.75) is 51.1 Å². The first-order valence-electron chi connectivity index (χ1n) is 5.88. The first kappa shape index (κ1) is 15.8. The highest BCUT2D eigenvalue weighted by atomic mass is 28.4. The summed E-state index contributed by atoms with van der Waals surface area (Å²) in [6.45, 7) is 6.85. The Hall–Kier alpha value is -0.226. The molecule has 0 saturated carbocycles. The lowest BCUT2D eigenvalue weighted by atomic mass is 10.3. The zero-order valence-corrected chi connectivity index (χ0v) is 12.9. The van der Waals surface area contributed by atoms with E-state index in [1.807, 2.05) is 24.3 Å². The molecule has 0 rings (SSSR count). The largest absolute Gasteiger partial charge is 0.314 e. The number of hydrogen-bond donors (Lipinski definition) is 0. The van der Waals surface area contributed by atoms with Crippen LogP contribution in [0.4, 0.5) is 8.22 Å². The standard InChI is InChI=1S/C12H24F2Si2/c1-15(2,13)11-9-7-5-6-8-10-12-16(3,4)14/h7-10H,5-6,11-12H2,1-4H3/b9-7-,10-8-. The maximum absolute atomic E-state index is 13.2. The van der Waals surface area contributed by atoms with E-state index in [0.29, 0.717) is 12.1 Å². The molecule has 0 spiro atoms. The SMILES string of the molecule is C[Si](C)(F)C/C=C\CC/C=C\C[Si](C)(C)F. The van der Waals surface area contributed by atoms with Crippen LogP contribution in [0.15, 0.2) is 24.3 Å². The number of unbranched alkanes of at least 4 members (excludes halogenated alkanes) is 1. The summed E-state index contributed by atoms with van der Waals surface area (Å²) in [5.74, 6) is 0. The Morgan fingerprint density at radius 3 is 1.25 bits per heavy atom. The van der Waals surface area contributed by atoms with Crippen LogP contribution in [0.5, 0.6) is 0 Å². The number of hydrogen-bond acceptors (Lipinski definition) is 0. The predicted molar refractivity (Wildman–Crippen MR) is 74.3 cm³/mol. The van der Waals surface area contributed by atoms with Gasteiger partial charge in [0.2, 0.25) is 16.8 Å². The van der Waals surface area contributed by atoms with Crippen molar-refractivity contribution in [3.05, 3.63) is 24.3 Å². The summed E-state index contributed by atoms with van der Waals surface area (Å²) in [4.78, 5) is 0. The third kappa shape index (κ3) is 13.8. The molecule has 0 saturated heterocycles. The Balaban J connectivity index is 3.54. The van der Waals surface area contributed by atoms with Crippen molar-refractivity contribution in [1.82, 2.24) is 0 Å². The van der Waals surface area contributed by atoms with Gasteiger partial charge in [-0.25, -0.2) is 0 Å². The predicted octanol–water partition coefficient (Wildman–Crippen LogP) is 5.23. The van der Waals surface area contributed by atoms with E-state index < -0.39 is 16.8 Å². The van der Waals surface area contributed by atoms with E-state index in [1.54, 1.807) is 26.2 Å². The van der Waals surface area contributed by atoms with Crippen LogP contribution in [0, 0.1) is 0 Å². The second-order valence-electron chi connectivity index (χ2n) is 5.37. The van der Waals surface area contributed by atoms with Crippen molar-refractivity contribution in [3.63, 3.8) is 0 Å². The van der Waals surface area contributed by atoms with Crippen LogP contribution in [0.25, 0.3) is 0 Å². The molecule has 0 N–H and O–H groups in total. The Morgan fingerprint density at radius 1 is 0.688 bits per heavy atom. The average Bonchev–Trinajstić information content (AvgIpc) is 2.06. The van der Waals surface area contributed by atoms with Gasteiger partial charge in [0.1, 0.15) is 0 Å². The van der Waals surface area contributed by atoms with Crippen molar-refractivity contribution in [3.8, 4) is 0 Å². The van der Waals surface area contributed by atoms with Gasteiger partial charge < -0.3 is 8.22 Å². The summed E-state index contributed by atoms with van der Waals surface area (Å²) in [5, 5.41) is 0. The molecular weight excluding hydrogens is 238 g/mol. The molecule has 0 aliphatic rings. The maximum Gasteiger partial charge on any atom is 0.244 e. The van der Waals surface area contributed by atoms with Crippen molar-refractivity contribution in [2.75, 3.05) is 0 Å². The molecular formula is C12H24F2Si2. The number of rotatable bonds is 7. The zero-order chi connectivity index (χ0) is 12.7. The van der Waals surface area contributed by atoms with Gasteiger partial charge in [-0.15, -0.1) is 0 Å². The van der Waals surface area contributed by atoms with Gasteiger partial charge in [-0.1, -0.05) is 24.3 Å². The Labute approximate surface area is 101 Å². The van der Waals surface area contributed by atoms with Crippen molar-refractivity contribution >= 4 is 16.8 Å². The molecule has 0 radical (unpaired) electrons. The van der Waals surface area contributed by atoms with Gasteiger partial charge in [0.05, 0.1) is 0 Å². The Morgan fingerprint density at radius 2 is 1.00 bits per heavy atom. The molecule has 0 bridgehead atoms. The van der Waals surface area contributed by atoms with Gasteiger partial charge in [-0.3, -0.25) is 0 Å². The molecule has 4 heteroatoms. The minimum absolute atomic E-state index is 0.598. The average molecular weight is 262 g/mol. The highest BCUT2D eigenvalue weighted by Crippen LogP contribution is 2.12. The second-order valence-corrected chi connectivity index (χ2v) is 13.1. The lowest BCUT2D eigenvalue weighted by Crippen LogP contribution is -2.15. The first-order valence-corrected chi connectivity index (χ1v) is 12.1. The van der Waals surface area contributed by atoms with Crippen LogP contribution in [-0.4, -0.2) is 16.8 Å². The van der Waals surface area contributed by atoms with Gasteiger partial charge in [-0.05, 0) is 51.1 Å². The topological polar surface area (TPSA) is 0 Å². The number of allylic oxidation sites excluding steroid dienone is 4. The molecule has 0 aromatic carbocycles. The van der Waals surface area contributed by atoms with Crippen LogP contribution in [0.3, 0.4) is 0 Å². The van der Waals surface area contributed by atoms with Crippen LogP contribution in [-0.2, 0) is 0 Å². The first-order chi connectivity index (χ1) is 7.21. The monoisotopic (exact) mass is 262 g/mol. The van der Waals surface area contributed by atoms with E-state index >= 15 is 0 Å². The third-order valence-corrected chi connectivity index (χ3v) is 4.45. The molecule has 94 valence electrons. The fourth-order valence-corrected chi connectivity index (χ4v) is 2.61. The Bertz CT molecular complexity index is 208. The molecule has 0 aliphatic carbocycles. The van der Waals surface area contributed by atoms with Gasteiger partial charge in [0.15, 0.2) is 0 Å². The molecule has 0 fully saturated rings. The summed E-state index contributed by atoms with van der Waals surface area (Å²) < 4.78 is 26.4. The quantitative estimate of drug-likeness (QED) is 0.255. The number of halogens is 2. The van der Waals surface area contributed by atoms with Crippen molar-refractivity contribution in [2.24, 2.45) is 0 Å². The molecule has 0 nitrogen and oxygen atoms in total. The summed E-state index contributed by atoms with van der Waals surface area (Å²) in [7, 11) is -4.81. The summed E-state index contributed by atoms with van der Waals surface area (Å²) in [6, 6.07) is 1.20. The fraction of sp³-hybridized carbons (Fsp3) is 0.667. The second kappa shape index (κ2) is 7.17. The van der Waals surface area contributed by atoms with Gasteiger partial charge in [-0.2, -0.15) is 0 Å². The van der Waals surface area contributed by atoms with Crippen LogP contribution in [0.1, 0.15) is 12.8 Å².